The number of rotatable bonds is 5. The Labute approximate surface area is 201 Å². The molecule has 3 fully saturated rings. The molecule has 4 heteroatoms. The zero-order chi connectivity index (χ0) is 23.2. The number of hydrogen-bond donors (Lipinski definition) is 2. The molecule has 1 aliphatic heterocycles. The molecule has 2 atom stereocenters. The van der Waals surface area contributed by atoms with Crippen LogP contribution in [-0.4, -0.2) is 27.5 Å². The average molecular weight is 453 g/mol. The maximum Gasteiger partial charge on any atom is 0.335 e. The van der Waals surface area contributed by atoms with E-state index in [9.17, 15) is 9.90 Å². The Morgan fingerprint density at radius 3 is 2.59 bits per heavy atom. The van der Waals surface area contributed by atoms with Crippen LogP contribution in [-0.2, 0) is 6.54 Å². The second-order valence-electron chi connectivity index (χ2n) is 10.6. The molecule has 2 aromatic carbocycles. The summed E-state index contributed by atoms with van der Waals surface area (Å²) in [5.41, 5.74) is 6.54. The Kier molecular flexibility index (Phi) is 5.46. The van der Waals surface area contributed by atoms with E-state index in [0.717, 1.165) is 31.3 Å². The van der Waals surface area contributed by atoms with Gasteiger partial charge in [-0.2, -0.15) is 0 Å². The van der Waals surface area contributed by atoms with Crippen molar-refractivity contribution in [3.63, 3.8) is 0 Å². The lowest BCUT2D eigenvalue weighted by Crippen LogP contribution is -2.37. The minimum atomic E-state index is -0.865. The van der Waals surface area contributed by atoms with Crippen LogP contribution < -0.4 is 0 Å². The van der Waals surface area contributed by atoms with Crippen LogP contribution in [0.25, 0.3) is 10.9 Å². The lowest BCUT2D eigenvalue weighted by atomic mass is 9.83. The van der Waals surface area contributed by atoms with Crippen LogP contribution in [0.4, 0.5) is 0 Å². The number of H-pyrrole nitrogens is 1. The molecule has 6 rings (SSSR count). The Bertz CT molecular complexity index is 1290. The number of carboxylic acid groups (broad SMARTS) is 1. The van der Waals surface area contributed by atoms with Crippen molar-refractivity contribution in [2.24, 2.45) is 17.8 Å². The highest BCUT2D eigenvalue weighted by atomic mass is 16.4. The lowest BCUT2D eigenvalue weighted by Gasteiger charge is -2.40. The van der Waals surface area contributed by atoms with Crippen LogP contribution in [0.2, 0.25) is 0 Å². The van der Waals surface area contributed by atoms with Crippen LogP contribution in [0.1, 0.15) is 77.2 Å². The fourth-order valence-electron chi connectivity index (χ4n) is 5.78. The van der Waals surface area contributed by atoms with E-state index in [2.05, 4.69) is 40.8 Å². The van der Waals surface area contributed by atoms with Crippen LogP contribution in [0, 0.1) is 36.5 Å². The molecule has 34 heavy (non-hydrogen) atoms. The molecule has 3 aromatic rings. The number of aromatic carboxylic acids is 1. The smallest absolute Gasteiger partial charge is 0.335 e. The number of benzene rings is 2. The first-order valence-corrected chi connectivity index (χ1v) is 12.7. The van der Waals surface area contributed by atoms with Crippen molar-refractivity contribution < 1.29 is 9.90 Å². The highest BCUT2D eigenvalue weighted by molar-refractivity contribution is 5.88. The molecule has 1 unspecified atom stereocenters. The molecule has 0 bridgehead atoms. The van der Waals surface area contributed by atoms with E-state index >= 15 is 0 Å². The summed E-state index contributed by atoms with van der Waals surface area (Å²) < 4.78 is 0. The number of carboxylic acids is 1. The van der Waals surface area contributed by atoms with E-state index in [1.165, 1.54) is 65.3 Å². The first-order valence-electron chi connectivity index (χ1n) is 12.7. The highest BCUT2D eigenvalue weighted by Crippen LogP contribution is 2.47. The van der Waals surface area contributed by atoms with E-state index in [-0.39, 0.29) is 0 Å². The van der Waals surface area contributed by atoms with Gasteiger partial charge in [0.25, 0.3) is 0 Å². The van der Waals surface area contributed by atoms with Gasteiger partial charge in [0.15, 0.2) is 0 Å². The first kappa shape index (κ1) is 21.5. The standard InChI is InChI=1S/C30H32N2O2/c1-19-16-25(5-4-20-2-3-20)27(26-12-14-31-29(19)26)18-32-15-13-24(21-6-7-21)17-28(32)22-8-10-23(11-9-22)30(33)34/h8-12,14,16,20-21,24,28,31H,2-3,6-7,13,15,17-18H2,1H3,(H,33,34)/t24?,28-/m0/s1. The third-order valence-electron chi connectivity index (χ3n) is 8.09. The molecule has 1 aromatic heterocycles. The second-order valence-corrected chi connectivity index (χ2v) is 10.6. The van der Waals surface area contributed by atoms with Crippen LogP contribution >= 0.6 is 0 Å². The van der Waals surface area contributed by atoms with Gasteiger partial charge in [0, 0.05) is 41.2 Å². The summed E-state index contributed by atoms with van der Waals surface area (Å²) in [5, 5.41) is 10.6. The molecule has 0 amide bonds. The Morgan fingerprint density at radius 2 is 1.88 bits per heavy atom. The van der Waals surface area contributed by atoms with Gasteiger partial charge in [-0.15, -0.1) is 0 Å². The summed E-state index contributed by atoms with van der Waals surface area (Å²) in [6.45, 7) is 4.10. The summed E-state index contributed by atoms with van der Waals surface area (Å²) in [6.07, 6.45) is 9.66. The van der Waals surface area contributed by atoms with Crippen molar-refractivity contribution in [3.05, 3.63) is 70.4 Å². The molecule has 0 spiro atoms. The average Bonchev–Trinajstić information content (AvgIpc) is 3.78. The van der Waals surface area contributed by atoms with Crippen molar-refractivity contribution in [2.75, 3.05) is 6.54 Å². The molecule has 1 saturated heterocycles. The van der Waals surface area contributed by atoms with Gasteiger partial charge in [0.1, 0.15) is 0 Å². The number of nitrogens with one attached hydrogen (secondary N) is 1. The van der Waals surface area contributed by atoms with Gasteiger partial charge in [0.05, 0.1) is 5.56 Å². The summed E-state index contributed by atoms with van der Waals surface area (Å²) >= 11 is 0. The molecule has 4 nitrogen and oxygen atoms in total. The highest BCUT2D eigenvalue weighted by Gasteiger charge is 2.38. The fraction of sp³-hybridized carbons (Fsp3) is 0.433. The predicted octanol–water partition coefficient (Wildman–Crippen LogP) is 6.30. The molecular formula is C30H32N2O2. The van der Waals surface area contributed by atoms with Gasteiger partial charge in [-0.3, -0.25) is 4.90 Å². The SMILES string of the molecule is Cc1cc(C#CC2CC2)c(CN2CCC(C3CC3)C[C@H]2c2ccc(C(=O)O)cc2)c2cc[nH]c12. The zero-order valence-corrected chi connectivity index (χ0v) is 19.8. The summed E-state index contributed by atoms with van der Waals surface area (Å²) in [7, 11) is 0. The van der Waals surface area contributed by atoms with Gasteiger partial charge in [-0.1, -0.05) is 24.0 Å². The number of carbonyl (C=O) groups is 1. The van der Waals surface area contributed by atoms with Gasteiger partial charge in [0.2, 0.25) is 0 Å². The van der Waals surface area contributed by atoms with Crippen molar-refractivity contribution in [1.82, 2.24) is 9.88 Å². The molecule has 0 radical (unpaired) electrons. The third-order valence-corrected chi connectivity index (χ3v) is 8.09. The Balaban J connectivity index is 1.36. The van der Waals surface area contributed by atoms with Crippen molar-refractivity contribution in [2.45, 2.75) is 58.0 Å². The molecule has 2 heterocycles. The van der Waals surface area contributed by atoms with Crippen LogP contribution in [0.3, 0.4) is 0 Å². The van der Waals surface area contributed by atoms with E-state index in [1.54, 1.807) is 12.1 Å². The number of likely N-dealkylation sites (tertiary alicyclic amines) is 1. The van der Waals surface area contributed by atoms with Gasteiger partial charge in [-0.05, 0) is 105 Å². The zero-order valence-electron chi connectivity index (χ0n) is 19.8. The first-order chi connectivity index (χ1) is 16.6. The summed E-state index contributed by atoms with van der Waals surface area (Å²) in [6, 6.07) is 12.4. The lowest BCUT2D eigenvalue weighted by molar-refractivity contribution is 0.0696. The number of aryl methyl sites for hydroxylation is 1. The third kappa shape index (κ3) is 4.26. The minimum absolute atomic E-state index is 0.307. The number of nitrogens with zero attached hydrogens (tertiary/aromatic N) is 1. The molecule has 3 aliphatic rings. The van der Waals surface area contributed by atoms with E-state index in [0.29, 0.717) is 17.5 Å². The van der Waals surface area contributed by atoms with Crippen molar-refractivity contribution in [3.8, 4) is 11.8 Å². The number of hydrogen-bond acceptors (Lipinski definition) is 2. The Morgan fingerprint density at radius 1 is 1.09 bits per heavy atom. The van der Waals surface area contributed by atoms with Crippen molar-refractivity contribution >= 4 is 16.9 Å². The topological polar surface area (TPSA) is 56.3 Å². The van der Waals surface area contributed by atoms with Gasteiger partial charge in [-0.25, -0.2) is 4.79 Å². The molecule has 2 saturated carbocycles. The van der Waals surface area contributed by atoms with E-state index in [4.69, 9.17) is 0 Å². The maximum atomic E-state index is 11.4. The molecule has 2 aliphatic carbocycles. The maximum absolute atomic E-state index is 11.4. The number of aromatic amines is 1. The quantitative estimate of drug-likeness (QED) is 0.447. The van der Waals surface area contributed by atoms with E-state index in [1.807, 2.05) is 18.3 Å². The predicted molar refractivity (Wildman–Crippen MR) is 135 cm³/mol. The van der Waals surface area contributed by atoms with E-state index < -0.39 is 5.97 Å². The fourth-order valence-corrected chi connectivity index (χ4v) is 5.78. The number of fused-ring (bicyclic) bond motifs is 1. The van der Waals surface area contributed by atoms with Crippen molar-refractivity contribution in [1.29, 1.82) is 0 Å². The van der Waals surface area contributed by atoms with Gasteiger partial charge < -0.3 is 10.1 Å². The second kappa shape index (κ2) is 8.64. The summed E-state index contributed by atoms with van der Waals surface area (Å²) in [5.74, 6) is 8.41. The molecule has 174 valence electrons. The monoisotopic (exact) mass is 452 g/mol. The molecule has 2 N–H and O–H groups in total. The number of piperidine rings is 1. The minimum Gasteiger partial charge on any atom is -0.478 e. The number of aromatic nitrogens is 1. The van der Waals surface area contributed by atoms with Crippen LogP contribution in [0.5, 0.6) is 0 Å². The van der Waals surface area contributed by atoms with Gasteiger partial charge >= 0.3 is 5.97 Å². The van der Waals surface area contributed by atoms with Crippen LogP contribution in [0.15, 0.2) is 42.6 Å². The largest absolute Gasteiger partial charge is 0.478 e. The summed E-state index contributed by atoms with van der Waals surface area (Å²) in [4.78, 5) is 17.5. The Hall–Kier alpha value is -3.03. The molecular weight excluding hydrogens is 420 g/mol. The normalized spacial score (nSPS) is 23.0.